The normalized spacial score (nSPS) is 18.4. The van der Waals surface area contributed by atoms with Gasteiger partial charge in [-0.1, -0.05) is 17.7 Å². The highest BCUT2D eigenvalue weighted by Crippen LogP contribution is 2.22. The maximum absolute atomic E-state index is 12.5. The Kier molecular flexibility index (Phi) is 5.30. The van der Waals surface area contributed by atoms with Gasteiger partial charge < -0.3 is 20.5 Å². The lowest BCUT2D eigenvalue weighted by atomic mass is 9.97. The summed E-state index contributed by atoms with van der Waals surface area (Å²) in [6.45, 7) is 2.86. The summed E-state index contributed by atoms with van der Waals surface area (Å²) in [5, 5.41) is 4.59. The lowest BCUT2D eigenvalue weighted by molar-refractivity contribution is -0.123. The molecule has 0 unspecified atom stereocenters. The number of carbonyl (C=O) groups is 2. The first kappa shape index (κ1) is 17.8. The van der Waals surface area contributed by atoms with E-state index in [2.05, 4.69) is 10.2 Å². The van der Waals surface area contributed by atoms with Crippen molar-refractivity contribution in [3.63, 3.8) is 0 Å². The van der Waals surface area contributed by atoms with Gasteiger partial charge >= 0.3 is 0 Å². The molecule has 1 atom stereocenters. The van der Waals surface area contributed by atoms with E-state index in [0.717, 1.165) is 30.3 Å². The molecule has 2 amide bonds. The van der Waals surface area contributed by atoms with Crippen molar-refractivity contribution in [2.45, 2.75) is 12.8 Å². The van der Waals surface area contributed by atoms with Crippen LogP contribution in [0.4, 0.5) is 0 Å². The highest BCUT2D eigenvalue weighted by atomic mass is 35.5. The molecule has 0 aliphatic carbocycles. The van der Waals surface area contributed by atoms with E-state index in [9.17, 15) is 9.59 Å². The summed E-state index contributed by atoms with van der Waals surface area (Å²) in [4.78, 5) is 26.0. The van der Waals surface area contributed by atoms with Crippen molar-refractivity contribution in [2.24, 2.45) is 18.7 Å². The molecule has 2 aromatic rings. The fraction of sp³-hybridized carbons (Fsp3) is 0.444. The van der Waals surface area contributed by atoms with E-state index >= 15 is 0 Å². The number of halogens is 1. The number of fused-ring (bicyclic) bond motifs is 1. The van der Waals surface area contributed by atoms with Crippen molar-refractivity contribution in [1.82, 2.24) is 14.8 Å². The Morgan fingerprint density at radius 2 is 2.16 bits per heavy atom. The quantitative estimate of drug-likeness (QED) is 0.850. The molecule has 3 rings (SSSR count). The van der Waals surface area contributed by atoms with Crippen molar-refractivity contribution < 1.29 is 9.59 Å². The summed E-state index contributed by atoms with van der Waals surface area (Å²) in [6.07, 6.45) is 1.82. The predicted octanol–water partition coefficient (Wildman–Crippen LogP) is 1.76. The number of likely N-dealkylation sites (tertiary alicyclic amines) is 1. The van der Waals surface area contributed by atoms with Crippen LogP contribution in [0, 0.1) is 5.92 Å². The third-order valence-electron chi connectivity index (χ3n) is 4.86. The van der Waals surface area contributed by atoms with E-state index in [4.69, 9.17) is 17.3 Å². The van der Waals surface area contributed by atoms with Crippen molar-refractivity contribution in [3.8, 4) is 0 Å². The first-order valence-electron chi connectivity index (χ1n) is 8.50. The van der Waals surface area contributed by atoms with Gasteiger partial charge in [0.25, 0.3) is 5.91 Å². The number of aromatic nitrogens is 1. The smallest absolute Gasteiger partial charge is 0.267 e. The number of nitrogens with zero attached hydrogens (tertiary/aromatic N) is 2. The summed E-state index contributed by atoms with van der Waals surface area (Å²) in [7, 11) is 1.86. The topological polar surface area (TPSA) is 80.4 Å². The van der Waals surface area contributed by atoms with Gasteiger partial charge in [-0.3, -0.25) is 9.59 Å². The number of piperidine rings is 1. The first-order valence-corrected chi connectivity index (χ1v) is 8.88. The number of primary amides is 1. The molecule has 0 spiro atoms. The molecule has 1 aliphatic heterocycles. The van der Waals surface area contributed by atoms with Crippen LogP contribution in [0.3, 0.4) is 0 Å². The van der Waals surface area contributed by atoms with Gasteiger partial charge in [0.05, 0.1) is 5.92 Å². The molecule has 0 radical (unpaired) electrons. The van der Waals surface area contributed by atoms with Crippen LogP contribution in [0.15, 0.2) is 24.3 Å². The number of benzene rings is 1. The van der Waals surface area contributed by atoms with E-state index in [1.807, 2.05) is 35.9 Å². The second-order valence-corrected chi connectivity index (χ2v) is 7.03. The van der Waals surface area contributed by atoms with Crippen LogP contribution in [-0.2, 0) is 11.8 Å². The number of hydrogen-bond acceptors (Lipinski definition) is 3. The number of carbonyl (C=O) groups excluding carboxylic acids is 2. The highest BCUT2D eigenvalue weighted by molar-refractivity contribution is 6.31. The number of nitrogens with two attached hydrogens (primary N) is 1. The van der Waals surface area contributed by atoms with Gasteiger partial charge in [0, 0.05) is 42.6 Å². The Morgan fingerprint density at radius 1 is 1.36 bits per heavy atom. The molecule has 1 aliphatic rings. The Labute approximate surface area is 151 Å². The van der Waals surface area contributed by atoms with Crippen LogP contribution < -0.4 is 11.1 Å². The summed E-state index contributed by atoms with van der Waals surface area (Å²) in [5.74, 6) is -0.423. The first-order chi connectivity index (χ1) is 12.0. The molecular weight excluding hydrogens is 340 g/mol. The van der Waals surface area contributed by atoms with Gasteiger partial charge in [0.15, 0.2) is 0 Å². The van der Waals surface area contributed by atoms with Crippen LogP contribution in [0.2, 0.25) is 5.02 Å². The monoisotopic (exact) mass is 362 g/mol. The molecule has 3 N–H and O–H groups in total. The number of aryl methyl sites for hydroxylation is 1. The Morgan fingerprint density at radius 3 is 2.92 bits per heavy atom. The number of amides is 2. The minimum absolute atomic E-state index is 0.0765. The van der Waals surface area contributed by atoms with E-state index in [-0.39, 0.29) is 17.7 Å². The van der Waals surface area contributed by atoms with Crippen molar-refractivity contribution in [3.05, 3.63) is 35.0 Å². The van der Waals surface area contributed by atoms with Gasteiger partial charge in [-0.15, -0.1) is 0 Å². The molecule has 2 heterocycles. The lowest BCUT2D eigenvalue weighted by Crippen LogP contribution is -2.44. The van der Waals surface area contributed by atoms with Gasteiger partial charge in [-0.25, -0.2) is 0 Å². The number of rotatable bonds is 5. The summed E-state index contributed by atoms with van der Waals surface area (Å²) < 4.78 is 1.85. The summed E-state index contributed by atoms with van der Waals surface area (Å²) in [5.41, 5.74) is 6.93. The third-order valence-corrected chi connectivity index (χ3v) is 5.10. The van der Waals surface area contributed by atoms with Gasteiger partial charge in [-0.05, 0) is 37.6 Å². The van der Waals surface area contributed by atoms with Crippen LogP contribution in [0.5, 0.6) is 0 Å². The number of nitrogens with one attached hydrogen (secondary N) is 1. The van der Waals surface area contributed by atoms with Crippen LogP contribution in [0.1, 0.15) is 23.3 Å². The SMILES string of the molecule is Cn1c(C(=O)NCCN2CCC[C@@H](C(N)=O)C2)cc2ccc(Cl)cc21. The van der Waals surface area contributed by atoms with E-state index in [1.165, 1.54) is 0 Å². The molecule has 0 bridgehead atoms. The maximum atomic E-state index is 12.5. The van der Waals surface area contributed by atoms with Gasteiger partial charge in [0.2, 0.25) is 5.91 Å². The van der Waals surface area contributed by atoms with Crippen LogP contribution >= 0.6 is 11.6 Å². The van der Waals surface area contributed by atoms with Crippen LogP contribution in [0.25, 0.3) is 10.9 Å². The molecule has 134 valence electrons. The molecule has 1 aromatic heterocycles. The Hall–Kier alpha value is -2.05. The van der Waals surface area contributed by atoms with Crippen molar-refractivity contribution >= 4 is 34.3 Å². The van der Waals surface area contributed by atoms with Crippen molar-refractivity contribution in [2.75, 3.05) is 26.2 Å². The number of hydrogen-bond donors (Lipinski definition) is 2. The largest absolute Gasteiger partial charge is 0.369 e. The van der Waals surface area contributed by atoms with Crippen LogP contribution in [-0.4, -0.2) is 47.5 Å². The average molecular weight is 363 g/mol. The van der Waals surface area contributed by atoms with Crippen molar-refractivity contribution in [1.29, 1.82) is 0 Å². The highest BCUT2D eigenvalue weighted by Gasteiger charge is 2.23. The third kappa shape index (κ3) is 3.96. The summed E-state index contributed by atoms with van der Waals surface area (Å²) in [6, 6.07) is 7.44. The molecular formula is C18H23ClN4O2. The zero-order valence-electron chi connectivity index (χ0n) is 14.3. The zero-order chi connectivity index (χ0) is 18.0. The lowest BCUT2D eigenvalue weighted by Gasteiger charge is -2.31. The van der Waals surface area contributed by atoms with Gasteiger partial charge in [0.1, 0.15) is 5.69 Å². The molecule has 6 nitrogen and oxygen atoms in total. The minimum atomic E-state index is -0.233. The molecule has 7 heteroatoms. The fourth-order valence-electron chi connectivity index (χ4n) is 3.43. The maximum Gasteiger partial charge on any atom is 0.267 e. The van der Waals surface area contributed by atoms with Gasteiger partial charge in [-0.2, -0.15) is 0 Å². The molecule has 1 aromatic carbocycles. The summed E-state index contributed by atoms with van der Waals surface area (Å²) >= 11 is 6.03. The Balaban J connectivity index is 1.58. The average Bonchev–Trinajstić information content (AvgIpc) is 2.91. The standard InChI is InChI=1S/C18H23ClN4O2/c1-22-15-10-14(19)5-4-12(15)9-16(22)18(25)21-6-8-23-7-2-3-13(11-23)17(20)24/h4-5,9-10,13H,2-3,6-8,11H2,1H3,(H2,20,24)(H,21,25)/t13-/m1/s1. The van der Waals surface area contributed by atoms with E-state index in [0.29, 0.717) is 30.4 Å². The second-order valence-electron chi connectivity index (χ2n) is 6.59. The van der Waals surface area contributed by atoms with E-state index < -0.39 is 0 Å². The second kappa shape index (κ2) is 7.45. The molecule has 25 heavy (non-hydrogen) atoms. The fourth-order valence-corrected chi connectivity index (χ4v) is 3.60. The Bertz CT molecular complexity index is 802. The molecule has 0 saturated carbocycles. The predicted molar refractivity (Wildman–Crippen MR) is 98.6 cm³/mol. The zero-order valence-corrected chi connectivity index (χ0v) is 15.1. The molecule has 1 fully saturated rings. The molecule has 1 saturated heterocycles. The van der Waals surface area contributed by atoms with E-state index in [1.54, 1.807) is 0 Å². The minimum Gasteiger partial charge on any atom is -0.369 e.